The maximum absolute atomic E-state index is 5.99. The summed E-state index contributed by atoms with van der Waals surface area (Å²) in [6.07, 6.45) is 3.08. The number of hydrogen-bond acceptors (Lipinski definition) is 4. The average molecular weight is 274 g/mol. The molecule has 0 saturated heterocycles. The normalized spacial score (nSPS) is 12.9. The van der Waals surface area contributed by atoms with E-state index < -0.39 is 0 Å². The molecule has 5 heteroatoms. The van der Waals surface area contributed by atoms with Gasteiger partial charge >= 0.3 is 0 Å². The molecule has 96 valence electrons. The standard InChI is InChI=1S/C12H20ClN3S/c1-8(2)6-9(3)16(4)11-7-10(13)14-12(15-11)17-5/h7-9H,6H2,1-5H3. The summed E-state index contributed by atoms with van der Waals surface area (Å²) in [5.74, 6) is 1.56. The van der Waals surface area contributed by atoms with Gasteiger partial charge in [-0.05, 0) is 25.5 Å². The Morgan fingerprint density at radius 2 is 2.00 bits per heavy atom. The van der Waals surface area contributed by atoms with Crippen LogP contribution in [0.25, 0.3) is 0 Å². The fraction of sp³-hybridized carbons (Fsp3) is 0.667. The van der Waals surface area contributed by atoms with Crippen LogP contribution in [-0.2, 0) is 0 Å². The molecule has 0 fully saturated rings. The van der Waals surface area contributed by atoms with Gasteiger partial charge in [-0.3, -0.25) is 0 Å². The maximum atomic E-state index is 5.99. The van der Waals surface area contributed by atoms with E-state index >= 15 is 0 Å². The van der Waals surface area contributed by atoms with Crippen LogP contribution in [0.2, 0.25) is 5.15 Å². The first-order valence-corrected chi connectivity index (χ1v) is 7.35. The van der Waals surface area contributed by atoms with Crippen molar-refractivity contribution in [2.45, 2.75) is 38.4 Å². The first-order chi connectivity index (χ1) is 7.93. The summed E-state index contributed by atoms with van der Waals surface area (Å²) in [6.45, 7) is 6.66. The highest BCUT2D eigenvalue weighted by Crippen LogP contribution is 2.22. The number of anilines is 1. The molecule has 3 nitrogen and oxygen atoms in total. The van der Waals surface area contributed by atoms with Crippen LogP contribution in [0, 0.1) is 5.92 Å². The Balaban J connectivity index is 2.87. The molecule has 17 heavy (non-hydrogen) atoms. The molecular weight excluding hydrogens is 254 g/mol. The Morgan fingerprint density at radius 1 is 1.35 bits per heavy atom. The zero-order valence-corrected chi connectivity index (χ0v) is 12.6. The zero-order valence-electron chi connectivity index (χ0n) is 11.1. The van der Waals surface area contributed by atoms with Gasteiger partial charge < -0.3 is 4.90 Å². The Labute approximate surface area is 113 Å². The molecule has 1 rings (SSSR count). The minimum atomic E-state index is 0.440. The highest BCUT2D eigenvalue weighted by atomic mass is 35.5. The second kappa shape index (κ2) is 6.45. The van der Waals surface area contributed by atoms with Gasteiger partial charge in [0.1, 0.15) is 11.0 Å². The molecule has 0 spiro atoms. The van der Waals surface area contributed by atoms with Crippen LogP contribution >= 0.6 is 23.4 Å². The predicted octanol–water partition coefficient (Wildman–Crippen LogP) is 3.72. The third kappa shape index (κ3) is 4.36. The SMILES string of the molecule is CSc1nc(Cl)cc(N(C)C(C)CC(C)C)n1. The molecule has 0 aliphatic heterocycles. The number of nitrogens with zero attached hydrogens (tertiary/aromatic N) is 3. The molecule has 1 aromatic heterocycles. The van der Waals surface area contributed by atoms with Crippen molar-refractivity contribution >= 4 is 29.2 Å². The molecule has 1 aromatic rings. The van der Waals surface area contributed by atoms with E-state index in [0.717, 1.165) is 17.4 Å². The molecule has 1 heterocycles. The highest BCUT2D eigenvalue weighted by Gasteiger charge is 2.14. The van der Waals surface area contributed by atoms with E-state index in [0.29, 0.717) is 17.1 Å². The fourth-order valence-corrected chi connectivity index (χ4v) is 2.33. The van der Waals surface area contributed by atoms with E-state index in [9.17, 15) is 0 Å². The van der Waals surface area contributed by atoms with E-state index in [1.54, 1.807) is 0 Å². The van der Waals surface area contributed by atoms with Crippen LogP contribution < -0.4 is 4.90 Å². The van der Waals surface area contributed by atoms with Gasteiger partial charge in [-0.2, -0.15) is 0 Å². The van der Waals surface area contributed by atoms with Crippen molar-refractivity contribution in [1.29, 1.82) is 0 Å². The average Bonchev–Trinajstić information content (AvgIpc) is 2.26. The van der Waals surface area contributed by atoms with Gasteiger partial charge in [0.2, 0.25) is 0 Å². The third-order valence-corrected chi connectivity index (χ3v) is 3.42. The lowest BCUT2D eigenvalue weighted by Crippen LogP contribution is -2.30. The topological polar surface area (TPSA) is 29.0 Å². The molecule has 1 unspecified atom stereocenters. The van der Waals surface area contributed by atoms with Crippen molar-refractivity contribution in [2.75, 3.05) is 18.2 Å². The van der Waals surface area contributed by atoms with Crippen LogP contribution in [-0.4, -0.2) is 29.3 Å². The summed E-state index contributed by atoms with van der Waals surface area (Å²) >= 11 is 7.50. The number of rotatable bonds is 5. The summed E-state index contributed by atoms with van der Waals surface area (Å²) in [7, 11) is 2.05. The van der Waals surface area contributed by atoms with Crippen molar-refractivity contribution in [1.82, 2.24) is 9.97 Å². The van der Waals surface area contributed by atoms with Crippen molar-refractivity contribution < 1.29 is 0 Å². The summed E-state index contributed by atoms with van der Waals surface area (Å²) in [6, 6.07) is 2.26. The number of halogens is 1. The molecule has 0 aromatic carbocycles. The van der Waals surface area contributed by atoms with Crippen molar-refractivity contribution in [2.24, 2.45) is 5.92 Å². The van der Waals surface area contributed by atoms with Crippen molar-refractivity contribution in [3.8, 4) is 0 Å². The number of hydrogen-bond donors (Lipinski definition) is 0. The molecule has 0 radical (unpaired) electrons. The molecule has 0 saturated carbocycles. The molecule has 0 bridgehead atoms. The van der Waals surface area contributed by atoms with Crippen LogP contribution in [0.3, 0.4) is 0 Å². The van der Waals surface area contributed by atoms with Crippen molar-refractivity contribution in [3.05, 3.63) is 11.2 Å². The maximum Gasteiger partial charge on any atom is 0.190 e. The van der Waals surface area contributed by atoms with E-state index in [4.69, 9.17) is 11.6 Å². The predicted molar refractivity (Wildman–Crippen MR) is 76.1 cm³/mol. The first kappa shape index (κ1) is 14.6. The molecule has 0 amide bonds. The molecule has 0 aliphatic carbocycles. The van der Waals surface area contributed by atoms with Crippen LogP contribution in [0.5, 0.6) is 0 Å². The van der Waals surface area contributed by atoms with E-state index in [1.807, 2.05) is 12.3 Å². The summed E-state index contributed by atoms with van der Waals surface area (Å²) in [4.78, 5) is 10.8. The fourth-order valence-electron chi connectivity index (χ4n) is 1.72. The van der Waals surface area contributed by atoms with E-state index in [-0.39, 0.29) is 0 Å². The Morgan fingerprint density at radius 3 is 2.53 bits per heavy atom. The smallest absolute Gasteiger partial charge is 0.190 e. The summed E-state index contributed by atoms with van der Waals surface area (Å²) < 4.78 is 0. The largest absolute Gasteiger partial charge is 0.357 e. The van der Waals surface area contributed by atoms with Gasteiger partial charge in [-0.1, -0.05) is 37.2 Å². The van der Waals surface area contributed by atoms with Crippen molar-refractivity contribution in [3.63, 3.8) is 0 Å². The van der Waals surface area contributed by atoms with Gasteiger partial charge in [0.05, 0.1) is 0 Å². The van der Waals surface area contributed by atoms with Gasteiger partial charge in [0.25, 0.3) is 0 Å². The van der Waals surface area contributed by atoms with Crippen LogP contribution in [0.1, 0.15) is 27.2 Å². The third-order valence-electron chi connectivity index (χ3n) is 2.68. The second-order valence-electron chi connectivity index (χ2n) is 4.63. The summed E-state index contributed by atoms with van der Waals surface area (Å²) in [5.41, 5.74) is 0. The molecule has 1 atom stereocenters. The van der Waals surface area contributed by atoms with E-state index in [2.05, 4.69) is 42.7 Å². The zero-order chi connectivity index (χ0) is 13.0. The monoisotopic (exact) mass is 273 g/mol. The minimum Gasteiger partial charge on any atom is -0.357 e. The lowest BCUT2D eigenvalue weighted by Gasteiger charge is -2.27. The van der Waals surface area contributed by atoms with Gasteiger partial charge in [-0.25, -0.2) is 9.97 Å². The number of thioether (sulfide) groups is 1. The highest BCUT2D eigenvalue weighted by molar-refractivity contribution is 7.98. The first-order valence-electron chi connectivity index (χ1n) is 5.75. The Kier molecular flexibility index (Phi) is 5.53. The van der Waals surface area contributed by atoms with Gasteiger partial charge in [0, 0.05) is 19.2 Å². The molecule has 0 aliphatic rings. The lowest BCUT2D eigenvalue weighted by molar-refractivity contribution is 0.501. The Bertz CT molecular complexity index is 371. The minimum absolute atomic E-state index is 0.440. The van der Waals surface area contributed by atoms with Crippen LogP contribution in [0.4, 0.5) is 5.82 Å². The summed E-state index contributed by atoms with van der Waals surface area (Å²) in [5, 5.41) is 1.22. The lowest BCUT2D eigenvalue weighted by atomic mass is 10.0. The van der Waals surface area contributed by atoms with E-state index in [1.165, 1.54) is 11.8 Å². The second-order valence-corrected chi connectivity index (χ2v) is 5.79. The van der Waals surface area contributed by atoms with Crippen LogP contribution in [0.15, 0.2) is 11.2 Å². The number of aromatic nitrogens is 2. The molecule has 0 N–H and O–H groups in total. The quantitative estimate of drug-likeness (QED) is 0.464. The Hall–Kier alpha value is -0.480. The van der Waals surface area contributed by atoms with Gasteiger partial charge in [0.15, 0.2) is 5.16 Å². The molecular formula is C12H20ClN3S. The van der Waals surface area contributed by atoms with Gasteiger partial charge in [-0.15, -0.1) is 0 Å².